The molecule has 20 heavy (non-hydrogen) atoms. The lowest BCUT2D eigenvalue weighted by molar-refractivity contribution is -0.143. The fourth-order valence-corrected chi connectivity index (χ4v) is 1.87. The van der Waals surface area contributed by atoms with Crippen molar-refractivity contribution in [2.75, 3.05) is 7.11 Å². The SMILES string of the molecule is COC(=O)C(NC(=O)c1ccoc1C)c1ccccc1. The second-order valence-corrected chi connectivity index (χ2v) is 4.23. The van der Waals surface area contributed by atoms with Gasteiger partial charge in [0.2, 0.25) is 0 Å². The zero-order valence-corrected chi connectivity index (χ0v) is 11.3. The predicted octanol–water partition coefficient (Wildman–Crippen LogP) is 2.23. The van der Waals surface area contributed by atoms with Crippen molar-refractivity contribution in [3.05, 3.63) is 59.5 Å². The number of carbonyl (C=O) groups excluding carboxylic acids is 2. The van der Waals surface area contributed by atoms with Gasteiger partial charge in [-0.1, -0.05) is 30.3 Å². The Kier molecular flexibility index (Phi) is 4.20. The number of nitrogens with one attached hydrogen (secondary N) is 1. The van der Waals surface area contributed by atoms with Crippen LogP contribution in [-0.2, 0) is 9.53 Å². The van der Waals surface area contributed by atoms with Crippen LogP contribution in [0.3, 0.4) is 0 Å². The Morgan fingerprint density at radius 1 is 1.20 bits per heavy atom. The Balaban J connectivity index is 2.23. The number of ether oxygens (including phenoxy) is 1. The van der Waals surface area contributed by atoms with E-state index in [1.807, 2.05) is 6.07 Å². The van der Waals surface area contributed by atoms with Crippen LogP contribution in [0.5, 0.6) is 0 Å². The lowest BCUT2D eigenvalue weighted by Crippen LogP contribution is -2.34. The summed E-state index contributed by atoms with van der Waals surface area (Å²) in [4.78, 5) is 24.0. The first-order valence-corrected chi connectivity index (χ1v) is 6.11. The quantitative estimate of drug-likeness (QED) is 0.867. The number of benzene rings is 1. The summed E-state index contributed by atoms with van der Waals surface area (Å²) >= 11 is 0. The van der Waals surface area contributed by atoms with Gasteiger partial charge in [0.15, 0.2) is 6.04 Å². The van der Waals surface area contributed by atoms with E-state index < -0.39 is 12.0 Å². The number of esters is 1. The standard InChI is InChI=1S/C15H15NO4/c1-10-12(8-9-20-10)14(17)16-13(15(18)19-2)11-6-4-3-5-7-11/h3-9,13H,1-2H3,(H,16,17). The lowest BCUT2D eigenvalue weighted by Gasteiger charge is -2.16. The van der Waals surface area contributed by atoms with Crippen molar-refractivity contribution in [1.29, 1.82) is 0 Å². The summed E-state index contributed by atoms with van der Waals surface area (Å²) in [7, 11) is 1.29. The zero-order chi connectivity index (χ0) is 14.5. The van der Waals surface area contributed by atoms with Gasteiger partial charge in [0.25, 0.3) is 5.91 Å². The molecule has 0 saturated carbocycles. The smallest absolute Gasteiger partial charge is 0.333 e. The Bertz CT molecular complexity index is 603. The molecule has 0 aliphatic carbocycles. The molecule has 1 atom stereocenters. The number of hydrogen-bond acceptors (Lipinski definition) is 4. The summed E-state index contributed by atoms with van der Waals surface area (Å²) in [5.74, 6) is -0.402. The summed E-state index contributed by atoms with van der Waals surface area (Å²) < 4.78 is 9.82. The Morgan fingerprint density at radius 2 is 1.90 bits per heavy atom. The van der Waals surface area contributed by atoms with Gasteiger partial charge in [-0.3, -0.25) is 4.79 Å². The first-order chi connectivity index (χ1) is 9.63. The molecule has 104 valence electrons. The molecule has 0 spiro atoms. The number of methoxy groups -OCH3 is 1. The number of amides is 1. The number of rotatable bonds is 4. The molecule has 5 heteroatoms. The molecule has 1 aromatic carbocycles. The molecule has 2 aromatic rings. The first-order valence-electron chi connectivity index (χ1n) is 6.11. The predicted molar refractivity (Wildman–Crippen MR) is 72.1 cm³/mol. The molecule has 1 N–H and O–H groups in total. The van der Waals surface area contributed by atoms with E-state index in [-0.39, 0.29) is 5.91 Å². The van der Waals surface area contributed by atoms with E-state index in [4.69, 9.17) is 9.15 Å². The number of hydrogen-bond donors (Lipinski definition) is 1. The fraction of sp³-hybridized carbons (Fsp3) is 0.200. The van der Waals surface area contributed by atoms with E-state index >= 15 is 0 Å². The van der Waals surface area contributed by atoms with Crippen LogP contribution in [0.1, 0.15) is 27.7 Å². The molecule has 1 amide bonds. The Labute approximate surface area is 116 Å². The summed E-state index contributed by atoms with van der Waals surface area (Å²) in [5, 5.41) is 2.65. The van der Waals surface area contributed by atoms with Gasteiger partial charge in [-0.2, -0.15) is 0 Å². The monoisotopic (exact) mass is 273 g/mol. The molecule has 0 aliphatic heterocycles. The van der Waals surface area contributed by atoms with Gasteiger partial charge in [-0.25, -0.2) is 4.79 Å². The molecule has 0 saturated heterocycles. The highest BCUT2D eigenvalue weighted by molar-refractivity contribution is 5.97. The van der Waals surface area contributed by atoms with Crippen LogP contribution in [-0.4, -0.2) is 19.0 Å². The van der Waals surface area contributed by atoms with Crippen molar-refractivity contribution in [3.8, 4) is 0 Å². The maximum absolute atomic E-state index is 12.2. The van der Waals surface area contributed by atoms with Crippen LogP contribution in [0, 0.1) is 6.92 Å². The van der Waals surface area contributed by atoms with E-state index in [1.165, 1.54) is 13.4 Å². The average Bonchev–Trinajstić information content (AvgIpc) is 2.91. The van der Waals surface area contributed by atoms with E-state index in [0.717, 1.165) is 0 Å². The highest BCUT2D eigenvalue weighted by Crippen LogP contribution is 2.16. The molecule has 2 rings (SSSR count). The summed E-state index contributed by atoms with van der Waals surface area (Å²) in [6.45, 7) is 1.69. The second kappa shape index (κ2) is 6.06. The molecule has 1 heterocycles. The van der Waals surface area contributed by atoms with Crippen molar-refractivity contribution in [1.82, 2.24) is 5.32 Å². The molecular weight excluding hydrogens is 258 g/mol. The minimum atomic E-state index is -0.844. The average molecular weight is 273 g/mol. The van der Waals surface area contributed by atoms with Crippen molar-refractivity contribution < 1.29 is 18.7 Å². The van der Waals surface area contributed by atoms with Gasteiger partial charge >= 0.3 is 5.97 Å². The van der Waals surface area contributed by atoms with Gasteiger partial charge in [-0.05, 0) is 18.6 Å². The van der Waals surface area contributed by atoms with E-state index in [2.05, 4.69) is 5.32 Å². The molecule has 0 aliphatic rings. The van der Waals surface area contributed by atoms with Crippen molar-refractivity contribution in [2.45, 2.75) is 13.0 Å². The van der Waals surface area contributed by atoms with Gasteiger partial charge in [0, 0.05) is 0 Å². The summed E-state index contributed by atoms with van der Waals surface area (Å²) in [5.41, 5.74) is 1.06. The van der Waals surface area contributed by atoms with Crippen LogP contribution in [0.15, 0.2) is 47.1 Å². The second-order valence-electron chi connectivity index (χ2n) is 4.23. The van der Waals surface area contributed by atoms with Crippen LogP contribution in [0.25, 0.3) is 0 Å². The third-order valence-electron chi connectivity index (χ3n) is 2.95. The number of furan rings is 1. The fourth-order valence-electron chi connectivity index (χ4n) is 1.87. The molecule has 5 nitrogen and oxygen atoms in total. The third kappa shape index (κ3) is 2.88. The van der Waals surface area contributed by atoms with Gasteiger partial charge in [0.05, 0.1) is 18.9 Å². The summed E-state index contributed by atoms with van der Waals surface area (Å²) in [6, 6.07) is 9.64. The van der Waals surface area contributed by atoms with E-state index in [9.17, 15) is 9.59 Å². The Morgan fingerprint density at radius 3 is 2.45 bits per heavy atom. The van der Waals surface area contributed by atoms with Crippen LogP contribution in [0.2, 0.25) is 0 Å². The maximum Gasteiger partial charge on any atom is 0.333 e. The van der Waals surface area contributed by atoms with Crippen LogP contribution < -0.4 is 5.32 Å². The highest BCUT2D eigenvalue weighted by Gasteiger charge is 2.25. The van der Waals surface area contributed by atoms with Gasteiger partial charge in [0.1, 0.15) is 5.76 Å². The number of carbonyl (C=O) groups is 2. The molecule has 1 aromatic heterocycles. The van der Waals surface area contributed by atoms with E-state index in [0.29, 0.717) is 16.9 Å². The van der Waals surface area contributed by atoms with Gasteiger partial charge < -0.3 is 14.5 Å². The zero-order valence-electron chi connectivity index (χ0n) is 11.3. The molecule has 1 unspecified atom stereocenters. The first kappa shape index (κ1) is 13.9. The largest absolute Gasteiger partial charge is 0.469 e. The van der Waals surface area contributed by atoms with Crippen molar-refractivity contribution >= 4 is 11.9 Å². The lowest BCUT2D eigenvalue weighted by atomic mass is 10.1. The molecule has 0 fully saturated rings. The van der Waals surface area contributed by atoms with Crippen molar-refractivity contribution in [2.24, 2.45) is 0 Å². The normalized spacial score (nSPS) is 11.7. The van der Waals surface area contributed by atoms with Crippen molar-refractivity contribution in [3.63, 3.8) is 0 Å². The minimum absolute atomic E-state index is 0.379. The third-order valence-corrected chi connectivity index (χ3v) is 2.95. The Hall–Kier alpha value is -2.56. The maximum atomic E-state index is 12.2. The molecule has 0 bridgehead atoms. The number of aryl methyl sites for hydroxylation is 1. The molecular formula is C15H15NO4. The van der Waals surface area contributed by atoms with Crippen LogP contribution >= 0.6 is 0 Å². The van der Waals surface area contributed by atoms with E-state index in [1.54, 1.807) is 37.3 Å². The highest BCUT2D eigenvalue weighted by atomic mass is 16.5. The van der Waals surface area contributed by atoms with Crippen LogP contribution in [0.4, 0.5) is 0 Å². The minimum Gasteiger partial charge on any atom is -0.469 e. The topological polar surface area (TPSA) is 68.5 Å². The molecule has 0 radical (unpaired) electrons. The van der Waals surface area contributed by atoms with Gasteiger partial charge in [-0.15, -0.1) is 0 Å². The summed E-state index contributed by atoms with van der Waals surface area (Å²) in [6.07, 6.45) is 1.43.